The Morgan fingerprint density at radius 3 is 2.88 bits per heavy atom. The van der Waals surface area contributed by atoms with E-state index in [1.54, 1.807) is 14.0 Å². The second-order valence-corrected chi connectivity index (χ2v) is 6.32. The first kappa shape index (κ1) is 17.5. The van der Waals surface area contributed by atoms with Crippen molar-refractivity contribution in [2.75, 3.05) is 20.3 Å². The summed E-state index contributed by atoms with van der Waals surface area (Å²) in [4.78, 5) is 24.8. The van der Waals surface area contributed by atoms with Gasteiger partial charge in [-0.2, -0.15) is 0 Å². The fraction of sp³-hybridized carbons (Fsp3) is 0.474. The zero-order valence-corrected chi connectivity index (χ0v) is 14.5. The Hall–Kier alpha value is -2.34. The number of amides is 1. The highest BCUT2D eigenvalue weighted by Gasteiger charge is 2.34. The molecule has 0 bridgehead atoms. The maximum atomic E-state index is 12.7. The van der Waals surface area contributed by atoms with Crippen LogP contribution in [0.25, 0.3) is 0 Å². The van der Waals surface area contributed by atoms with Crippen LogP contribution in [0.1, 0.15) is 37.7 Å². The second kappa shape index (κ2) is 7.70. The average Bonchev–Trinajstić information content (AvgIpc) is 3.12. The number of rotatable bonds is 5. The Morgan fingerprint density at radius 1 is 1.36 bits per heavy atom. The number of methoxy groups -OCH3 is 1. The summed E-state index contributed by atoms with van der Waals surface area (Å²) in [6.07, 6.45) is 2.04. The van der Waals surface area contributed by atoms with Gasteiger partial charge in [0.1, 0.15) is 12.4 Å². The molecule has 0 aliphatic carbocycles. The number of benzene rings is 1. The monoisotopic (exact) mass is 345 g/mol. The summed E-state index contributed by atoms with van der Waals surface area (Å²) >= 11 is 0. The van der Waals surface area contributed by atoms with E-state index in [2.05, 4.69) is 5.32 Å². The minimum absolute atomic E-state index is 0.0345. The number of nitrogens with one attached hydrogen (secondary N) is 1. The Kier molecular flexibility index (Phi) is 5.38. The minimum atomic E-state index is -0.413. The van der Waals surface area contributed by atoms with Crippen LogP contribution in [0.15, 0.2) is 35.5 Å². The molecule has 6 nitrogen and oxygen atoms in total. The van der Waals surface area contributed by atoms with Crippen LogP contribution < -0.4 is 10.1 Å². The Morgan fingerprint density at radius 2 is 2.16 bits per heavy atom. The Bertz CT molecular complexity index is 691. The first-order valence-corrected chi connectivity index (χ1v) is 8.52. The summed E-state index contributed by atoms with van der Waals surface area (Å²) in [7, 11) is 1.58. The lowest BCUT2D eigenvalue weighted by molar-refractivity contribution is -0.142. The number of esters is 1. The van der Waals surface area contributed by atoms with Gasteiger partial charge in [-0.1, -0.05) is 18.2 Å². The van der Waals surface area contributed by atoms with E-state index in [1.807, 2.05) is 24.3 Å². The van der Waals surface area contributed by atoms with Gasteiger partial charge in [-0.05, 0) is 25.8 Å². The Labute approximate surface area is 147 Å². The third kappa shape index (κ3) is 3.85. The smallest absolute Gasteiger partial charge is 0.336 e. The molecule has 1 amide bonds. The predicted molar refractivity (Wildman–Crippen MR) is 91.1 cm³/mol. The van der Waals surface area contributed by atoms with Crippen LogP contribution in [0.4, 0.5) is 0 Å². The molecule has 0 radical (unpaired) electrons. The van der Waals surface area contributed by atoms with Crippen molar-refractivity contribution < 1.29 is 23.8 Å². The third-order valence-electron chi connectivity index (χ3n) is 4.63. The van der Waals surface area contributed by atoms with Crippen molar-refractivity contribution in [1.82, 2.24) is 5.32 Å². The van der Waals surface area contributed by atoms with Crippen molar-refractivity contribution in [3.8, 4) is 5.75 Å². The van der Waals surface area contributed by atoms with Crippen molar-refractivity contribution in [3.63, 3.8) is 0 Å². The summed E-state index contributed by atoms with van der Waals surface area (Å²) in [5.74, 6) is -0.269. The van der Waals surface area contributed by atoms with Gasteiger partial charge in [0.15, 0.2) is 0 Å². The molecule has 1 aromatic carbocycles. The summed E-state index contributed by atoms with van der Waals surface area (Å²) in [6, 6.07) is 7.43. The Balaban J connectivity index is 1.85. The number of ether oxygens (including phenoxy) is 3. The molecule has 1 fully saturated rings. The summed E-state index contributed by atoms with van der Waals surface area (Å²) < 4.78 is 16.4. The molecule has 6 heteroatoms. The van der Waals surface area contributed by atoms with E-state index < -0.39 is 5.97 Å². The molecule has 134 valence electrons. The van der Waals surface area contributed by atoms with E-state index >= 15 is 0 Å². The van der Waals surface area contributed by atoms with Gasteiger partial charge < -0.3 is 19.5 Å². The highest BCUT2D eigenvalue weighted by atomic mass is 16.6. The largest absolute Gasteiger partial charge is 0.496 e. The van der Waals surface area contributed by atoms with Gasteiger partial charge in [0, 0.05) is 30.2 Å². The second-order valence-electron chi connectivity index (χ2n) is 6.32. The highest BCUT2D eigenvalue weighted by Crippen LogP contribution is 2.38. The lowest BCUT2D eigenvalue weighted by atomic mass is 9.84. The molecule has 0 unspecified atom stereocenters. The molecule has 2 atom stereocenters. The SMILES string of the molecule is COc1ccccc1[C@@H]1CC(=O)NC(C)=C1C(=O)OC[C@H]1CCCO1. The summed E-state index contributed by atoms with van der Waals surface area (Å²) in [5, 5.41) is 2.74. The van der Waals surface area contributed by atoms with Gasteiger partial charge >= 0.3 is 5.97 Å². The van der Waals surface area contributed by atoms with Gasteiger partial charge in [0.2, 0.25) is 5.91 Å². The topological polar surface area (TPSA) is 73.9 Å². The standard InChI is InChI=1S/C19H23NO5/c1-12-18(19(22)25-11-13-6-5-9-24-13)15(10-17(21)20-12)14-7-3-4-8-16(14)23-2/h3-4,7-8,13,15H,5-6,9-11H2,1-2H3,(H,20,21)/t13-,15+/m1/s1. The molecular weight excluding hydrogens is 322 g/mol. The fourth-order valence-electron chi connectivity index (χ4n) is 3.41. The number of hydrogen-bond donors (Lipinski definition) is 1. The van der Waals surface area contributed by atoms with Crippen LogP contribution in [-0.4, -0.2) is 38.3 Å². The molecule has 2 aliphatic rings. The molecule has 3 rings (SSSR count). The normalized spacial score (nSPS) is 23.4. The molecule has 1 N–H and O–H groups in total. The first-order chi connectivity index (χ1) is 12.1. The van der Waals surface area contributed by atoms with Gasteiger partial charge in [0.25, 0.3) is 0 Å². The van der Waals surface area contributed by atoms with E-state index in [4.69, 9.17) is 14.2 Å². The number of allylic oxidation sites excluding steroid dienone is 1. The number of carbonyl (C=O) groups is 2. The number of hydrogen-bond acceptors (Lipinski definition) is 5. The summed E-state index contributed by atoms with van der Waals surface area (Å²) in [5.41, 5.74) is 1.81. The zero-order chi connectivity index (χ0) is 17.8. The molecular formula is C19H23NO5. The zero-order valence-electron chi connectivity index (χ0n) is 14.5. The molecule has 0 aromatic heterocycles. The summed E-state index contributed by atoms with van der Waals surface area (Å²) in [6.45, 7) is 2.67. The number of para-hydroxylation sites is 1. The van der Waals surface area contributed by atoms with Crippen molar-refractivity contribution in [3.05, 3.63) is 41.1 Å². The fourth-order valence-corrected chi connectivity index (χ4v) is 3.41. The van der Waals surface area contributed by atoms with Crippen LogP contribution in [0.5, 0.6) is 5.75 Å². The van der Waals surface area contributed by atoms with E-state index in [9.17, 15) is 9.59 Å². The molecule has 2 aliphatic heterocycles. The van der Waals surface area contributed by atoms with Crippen LogP contribution in [0, 0.1) is 0 Å². The van der Waals surface area contributed by atoms with Crippen molar-refractivity contribution in [2.45, 2.75) is 38.2 Å². The third-order valence-corrected chi connectivity index (χ3v) is 4.63. The van der Waals surface area contributed by atoms with E-state index in [0.717, 1.165) is 18.4 Å². The maximum absolute atomic E-state index is 12.7. The lowest BCUT2D eigenvalue weighted by Gasteiger charge is -2.27. The maximum Gasteiger partial charge on any atom is 0.336 e. The predicted octanol–water partition coefficient (Wildman–Crippen LogP) is 2.29. The van der Waals surface area contributed by atoms with E-state index in [0.29, 0.717) is 23.6 Å². The highest BCUT2D eigenvalue weighted by molar-refractivity contribution is 5.96. The van der Waals surface area contributed by atoms with Crippen molar-refractivity contribution in [2.24, 2.45) is 0 Å². The molecule has 2 heterocycles. The lowest BCUT2D eigenvalue weighted by Crippen LogP contribution is -2.35. The van der Waals surface area contributed by atoms with Crippen LogP contribution in [-0.2, 0) is 19.1 Å². The van der Waals surface area contributed by atoms with Crippen LogP contribution in [0.2, 0.25) is 0 Å². The van der Waals surface area contributed by atoms with Gasteiger partial charge in [-0.3, -0.25) is 4.79 Å². The molecule has 1 aromatic rings. The molecule has 1 saturated heterocycles. The van der Waals surface area contributed by atoms with E-state index in [-0.39, 0.29) is 31.0 Å². The molecule has 0 spiro atoms. The van der Waals surface area contributed by atoms with Gasteiger partial charge in [0.05, 0.1) is 18.8 Å². The average molecular weight is 345 g/mol. The number of carbonyl (C=O) groups excluding carboxylic acids is 2. The minimum Gasteiger partial charge on any atom is -0.496 e. The molecule has 25 heavy (non-hydrogen) atoms. The van der Waals surface area contributed by atoms with Crippen molar-refractivity contribution in [1.29, 1.82) is 0 Å². The van der Waals surface area contributed by atoms with Crippen LogP contribution in [0.3, 0.4) is 0 Å². The quantitative estimate of drug-likeness (QED) is 0.829. The van der Waals surface area contributed by atoms with Crippen molar-refractivity contribution >= 4 is 11.9 Å². The van der Waals surface area contributed by atoms with E-state index in [1.165, 1.54) is 0 Å². The van der Waals surface area contributed by atoms with Gasteiger partial charge in [-0.15, -0.1) is 0 Å². The molecule has 0 saturated carbocycles. The van der Waals surface area contributed by atoms with Crippen LogP contribution >= 0.6 is 0 Å². The first-order valence-electron chi connectivity index (χ1n) is 8.52. The van der Waals surface area contributed by atoms with Gasteiger partial charge in [-0.25, -0.2) is 4.79 Å².